The zero-order chi connectivity index (χ0) is 21.8. The fraction of sp³-hybridized carbons (Fsp3) is 0.650. The van der Waals surface area contributed by atoms with E-state index >= 15 is 0 Å². The Morgan fingerprint density at radius 3 is 2.28 bits per heavy atom. The van der Waals surface area contributed by atoms with Crippen LogP contribution in [0.3, 0.4) is 0 Å². The van der Waals surface area contributed by atoms with Gasteiger partial charge in [0.25, 0.3) is 0 Å². The van der Waals surface area contributed by atoms with E-state index < -0.39 is 15.6 Å². The van der Waals surface area contributed by atoms with Crippen LogP contribution in [-0.2, 0) is 14.8 Å². The first kappa shape index (κ1) is 23.9. The number of halogens is 1. The van der Waals surface area contributed by atoms with Crippen molar-refractivity contribution in [3.05, 3.63) is 34.9 Å². The molecule has 1 aromatic rings. The third kappa shape index (κ3) is 6.84. The minimum atomic E-state index is -3.34. The maximum atomic E-state index is 12.3. The first-order valence-corrected chi connectivity index (χ1v) is 12.1. The molecule has 1 heterocycles. The summed E-state index contributed by atoms with van der Waals surface area (Å²) in [6.07, 6.45) is 0.901. The highest BCUT2D eigenvalue weighted by Gasteiger charge is 2.32. The zero-order valence-electron chi connectivity index (χ0n) is 17.9. The van der Waals surface area contributed by atoms with E-state index in [0.29, 0.717) is 44.3 Å². The number of ether oxygens (including phenoxy) is 1. The van der Waals surface area contributed by atoms with Gasteiger partial charge >= 0.3 is 6.09 Å². The molecule has 0 bridgehead atoms. The van der Waals surface area contributed by atoms with Gasteiger partial charge in [0.15, 0.2) is 0 Å². The molecule has 1 amide bonds. The van der Waals surface area contributed by atoms with Crippen molar-refractivity contribution in [1.82, 2.24) is 14.1 Å². The van der Waals surface area contributed by atoms with Crippen molar-refractivity contribution in [2.24, 2.45) is 0 Å². The second kappa shape index (κ2) is 9.64. The number of sulfonamides is 1. The number of hydrogen-bond acceptors (Lipinski definition) is 5. The second-order valence-electron chi connectivity index (χ2n) is 8.25. The molecule has 1 aromatic carbocycles. The number of nitrogens with zero attached hydrogens (tertiary/aromatic N) is 3. The van der Waals surface area contributed by atoms with Gasteiger partial charge in [-0.15, -0.1) is 0 Å². The number of benzene rings is 1. The van der Waals surface area contributed by atoms with Crippen molar-refractivity contribution in [3.63, 3.8) is 0 Å². The molecule has 0 radical (unpaired) electrons. The SMILES string of the molecule is CCN(CC(c1ccccc1Cl)N1CCN(C(=O)OC(C)(C)C)CC1)S(C)(=O)=O. The molecule has 1 aliphatic rings. The van der Waals surface area contributed by atoms with Crippen LogP contribution in [0, 0.1) is 0 Å². The van der Waals surface area contributed by atoms with E-state index in [9.17, 15) is 13.2 Å². The molecule has 0 aromatic heterocycles. The molecule has 0 aliphatic carbocycles. The number of amides is 1. The van der Waals surface area contributed by atoms with Crippen molar-refractivity contribution in [1.29, 1.82) is 0 Å². The van der Waals surface area contributed by atoms with Gasteiger partial charge in [-0.25, -0.2) is 17.5 Å². The van der Waals surface area contributed by atoms with E-state index in [-0.39, 0.29) is 12.1 Å². The lowest BCUT2D eigenvalue weighted by Crippen LogP contribution is -2.52. The molecule has 164 valence electrons. The molecule has 0 N–H and O–H groups in total. The van der Waals surface area contributed by atoms with Crippen LogP contribution in [0.4, 0.5) is 4.79 Å². The highest BCUT2D eigenvalue weighted by atomic mass is 35.5. The maximum Gasteiger partial charge on any atom is 0.410 e. The van der Waals surface area contributed by atoms with Crippen LogP contribution < -0.4 is 0 Å². The van der Waals surface area contributed by atoms with Gasteiger partial charge in [-0.2, -0.15) is 0 Å². The van der Waals surface area contributed by atoms with Crippen LogP contribution in [0.2, 0.25) is 5.02 Å². The molecule has 2 rings (SSSR count). The summed E-state index contributed by atoms with van der Waals surface area (Å²) in [6, 6.07) is 7.32. The summed E-state index contributed by atoms with van der Waals surface area (Å²) in [4.78, 5) is 16.2. The molecule has 9 heteroatoms. The largest absolute Gasteiger partial charge is 0.444 e. The average Bonchev–Trinajstić information content (AvgIpc) is 2.61. The Morgan fingerprint density at radius 2 is 1.79 bits per heavy atom. The lowest BCUT2D eigenvalue weighted by molar-refractivity contribution is 0.00938. The van der Waals surface area contributed by atoms with Gasteiger partial charge in [-0.05, 0) is 32.4 Å². The Balaban J connectivity index is 2.19. The normalized spacial score (nSPS) is 17.4. The molecule has 1 aliphatic heterocycles. The van der Waals surface area contributed by atoms with E-state index in [1.54, 1.807) is 4.90 Å². The van der Waals surface area contributed by atoms with Gasteiger partial charge in [0.2, 0.25) is 10.0 Å². The quantitative estimate of drug-likeness (QED) is 0.672. The van der Waals surface area contributed by atoms with Gasteiger partial charge in [-0.1, -0.05) is 36.7 Å². The van der Waals surface area contributed by atoms with E-state index in [1.807, 2.05) is 52.0 Å². The number of piperazine rings is 1. The summed E-state index contributed by atoms with van der Waals surface area (Å²) in [6.45, 7) is 10.3. The van der Waals surface area contributed by atoms with Gasteiger partial charge < -0.3 is 9.64 Å². The summed E-state index contributed by atoms with van der Waals surface area (Å²) in [7, 11) is -3.34. The van der Waals surface area contributed by atoms with Crippen LogP contribution in [0.15, 0.2) is 24.3 Å². The molecule has 0 spiro atoms. The summed E-state index contributed by atoms with van der Waals surface area (Å²) in [5.74, 6) is 0. The summed E-state index contributed by atoms with van der Waals surface area (Å²) in [5.41, 5.74) is 0.354. The summed E-state index contributed by atoms with van der Waals surface area (Å²) < 4.78 is 31.3. The predicted molar refractivity (Wildman–Crippen MR) is 116 cm³/mol. The van der Waals surface area contributed by atoms with E-state index in [1.165, 1.54) is 10.6 Å². The molecule has 1 unspecified atom stereocenters. The number of carbonyl (C=O) groups excluding carboxylic acids is 1. The Bertz CT molecular complexity index is 802. The molecule has 29 heavy (non-hydrogen) atoms. The van der Waals surface area contributed by atoms with Crippen molar-refractivity contribution < 1.29 is 17.9 Å². The molecule has 1 atom stereocenters. The summed E-state index contributed by atoms with van der Waals surface area (Å²) in [5, 5.41) is 0.608. The second-order valence-corrected chi connectivity index (χ2v) is 10.6. The number of hydrogen-bond donors (Lipinski definition) is 0. The van der Waals surface area contributed by atoms with Crippen LogP contribution in [0.25, 0.3) is 0 Å². The summed E-state index contributed by atoms with van der Waals surface area (Å²) >= 11 is 6.45. The molecule has 7 nitrogen and oxygen atoms in total. The van der Waals surface area contributed by atoms with Gasteiger partial charge in [0, 0.05) is 44.3 Å². The van der Waals surface area contributed by atoms with Crippen LogP contribution in [0.1, 0.15) is 39.3 Å². The van der Waals surface area contributed by atoms with Crippen molar-refractivity contribution in [2.45, 2.75) is 39.3 Å². The van der Waals surface area contributed by atoms with Crippen LogP contribution in [-0.4, -0.2) is 79.7 Å². The van der Waals surface area contributed by atoms with Crippen LogP contribution in [0.5, 0.6) is 0 Å². The Morgan fingerprint density at radius 1 is 1.21 bits per heavy atom. The first-order chi connectivity index (χ1) is 13.4. The molecular weight excluding hydrogens is 414 g/mol. The van der Waals surface area contributed by atoms with E-state index in [4.69, 9.17) is 16.3 Å². The van der Waals surface area contributed by atoms with Gasteiger partial charge in [0.1, 0.15) is 5.60 Å². The Labute approximate surface area is 179 Å². The third-order valence-corrected chi connectivity index (χ3v) is 6.56. The zero-order valence-corrected chi connectivity index (χ0v) is 19.5. The van der Waals surface area contributed by atoms with Crippen molar-refractivity contribution in [2.75, 3.05) is 45.5 Å². The lowest BCUT2D eigenvalue weighted by atomic mass is 10.0. The van der Waals surface area contributed by atoms with E-state index in [0.717, 1.165) is 5.56 Å². The highest BCUT2D eigenvalue weighted by molar-refractivity contribution is 7.88. The number of rotatable bonds is 6. The molecule has 0 saturated carbocycles. The smallest absolute Gasteiger partial charge is 0.410 e. The minimum Gasteiger partial charge on any atom is -0.444 e. The minimum absolute atomic E-state index is 0.195. The van der Waals surface area contributed by atoms with Crippen molar-refractivity contribution >= 4 is 27.7 Å². The number of carbonyl (C=O) groups is 1. The van der Waals surface area contributed by atoms with Crippen molar-refractivity contribution in [3.8, 4) is 0 Å². The monoisotopic (exact) mass is 445 g/mol. The molecule has 1 fully saturated rings. The van der Waals surface area contributed by atoms with Gasteiger partial charge in [-0.3, -0.25) is 4.90 Å². The number of likely N-dealkylation sites (N-methyl/N-ethyl adjacent to an activating group) is 1. The Hall–Kier alpha value is -1.35. The standard InChI is InChI=1S/C20H32ClN3O4S/c1-6-24(29(5,26)27)15-18(16-9-7-8-10-17(16)21)22-11-13-23(14-12-22)19(25)28-20(2,3)4/h7-10,18H,6,11-15H2,1-5H3. The average molecular weight is 446 g/mol. The van der Waals surface area contributed by atoms with E-state index in [2.05, 4.69) is 4.90 Å². The van der Waals surface area contributed by atoms with Crippen LogP contribution >= 0.6 is 11.6 Å². The molecular formula is C20H32ClN3O4S. The predicted octanol–water partition coefficient (Wildman–Crippen LogP) is 3.22. The van der Waals surface area contributed by atoms with Gasteiger partial charge in [0.05, 0.1) is 12.3 Å². The fourth-order valence-corrected chi connectivity index (χ4v) is 4.53. The topological polar surface area (TPSA) is 70.2 Å². The molecule has 1 saturated heterocycles. The lowest BCUT2D eigenvalue weighted by Gasteiger charge is -2.41. The highest BCUT2D eigenvalue weighted by Crippen LogP contribution is 2.30. The first-order valence-electron chi connectivity index (χ1n) is 9.84. The Kier molecular flexibility index (Phi) is 7.95. The maximum absolute atomic E-state index is 12.3. The fourth-order valence-electron chi connectivity index (χ4n) is 3.39. The third-order valence-electron chi connectivity index (χ3n) is 4.87.